The Balaban J connectivity index is 2.06. The number of hydrogen-bond donors (Lipinski definition) is 1. The van der Waals surface area contributed by atoms with Crippen LogP contribution in [0.3, 0.4) is 0 Å². The van der Waals surface area contributed by atoms with E-state index in [1.54, 1.807) is 7.11 Å². The van der Waals surface area contributed by atoms with E-state index in [0.717, 1.165) is 35.5 Å². The van der Waals surface area contributed by atoms with E-state index < -0.39 is 0 Å². The molecule has 2 N–H and O–H groups in total. The van der Waals surface area contributed by atoms with Crippen molar-refractivity contribution in [1.82, 2.24) is 5.16 Å². The van der Waals surface area contributed by atoms with Gasteiger partial charge in [0.05, 0.1) is 12.7 Å². The number of hydrogen-bond acceptors (Lipinski definition) is 4. The van der Waals surface area contributed by atoms with Crippen LogP contribution in [0.4, 0.5) is 5.82 Å². The molecule has 3 rings (SSSR count). The van der Waals surface area contributed by atoms with Crippen LogP contribution in [0, 0.1) is 0 Å². The van der Waals surface area contributed by atoms with Gasteiger partial charge >= 0.3 is 0 Å². The summed E-state index contributed by atoms with van der Waals surface area (Å²) in [4.78, 5) is 0. The fraction of sp³-hybridized carbons (Fsp3) is 0.357. The van der Waals surface area contributed by atoms with Crippen molar-refractivity contribution in [3.63, 3.8) is 0 Å². The number of nitrogens with zero attached hydrogens (tertiary/aromatic N) is 1. The summed E-state index contributed by atoms with van der Waals surface area (Å²) in [6.07, 6.45) is 3.57. The second kappa shape index (κ2) is 4.37. The molecular formula is C14H16N2O2. The lowest BCUT2D eigenvalue weighted by molar-refractivity contribution is 0.302. The summed E-state index contributed by atoms with van der Waals surface area (Å²) in [6, 6.07) is 7.83. The number of nitrogens with two attached hydrogens (primary N) is 1. The summed E-state index contributed by atoms with van der Waals surface area (Å²) in [5, 5.41) is 3.91. The van der Waals surface area contributed by atoms with E-state index in [2.05, 4.69) is 5.16 Å². The zero-order valence-corrected chi connectivity index (χ0v) is 10.3. The van der Waals surface area contributed by atoms with Crippen LogP contribution >= 0.6 is 0 Å². The molecule has 0 atom stereocenters. The molecule has 2 aromatic rings. The highest BCUT2D eigenvalue weighted by Gasteiger charge is 2.28. The number of anilines is 1. The predicted molar refractivity (Wildman–Crippen MR) is 69.5 cm³/mol. The largest absolute Gasteiger partial charge is 0.497 e. The molecule has 0 unspecified atom stereocenters. The number of methoxy groups -OCH3 is 1. The molecule has 1 aromatic carbocycles. The lowest BCUT2D eigenvalue weighted by Crippen LogP contribution is -2.08. The van der Waals surface area contributed by atoms with Crippen LogP contribution in [0.25, 0.3) is 11.1 Å². The van der Waals surface area contributed by atoms with Crippen LogP contribution in [0.5, 0.6) is 5.75 Å². The standard InChI is InChI=1S/C14H16N2O2/c1-17-11-7-3-6-10(8-11)12-13(9-4-2-5-9)18-16-14(12)15/h3,6-9H,2,4-5H2,1H3,(H2,15,16). The maximum absolute atomic E-state index is 5.94. The summed E-state index contributed by atoms with van der Waals surface area (Å²) < 4.78 is 10.7. The van der Waals surface area contributed by atoms with E-state index in [9.17, 15) is 0 Å². The molecule has 0 amide bonds. The van der Waals surface area contributed by atoms with E-state index in [0.29, 0.717) is 11.7 Å². The molecule has 0 saturated heterocycles. The molecular weight excluding hydrogens is 228 g/mol. The molecule has 1 heterocycles. The molecule has 1 fully saturated rings. The molecule has 4 nitrogen and oxygen atoms in total. The minimum Gasteiger partial charge on any atom is -0.497 e. The Bertz CT molecular complexity index is 559. The van der Waals surface area contributed by atoms with E-state index in [4.69, 9.17) is 15.0 Å². The first-order valence-electron chi connectivity index (χ1n) is 6.19. The van der Waals surface area contributed by atoms with Gasteiger partial charge in [0.2, 0.25) is 0 Å². The first-order valence-corrected chi connectivity index (χ1v) is 6.19. The van der Waals surface area contributed by atoms with Gasteiger partial charge in [0, 0.05) is 5.92 Å². The van der Waals surface area contributed by atoms with Gasteiger partial charge in [0.1, 0.15) is 11.5 Å². The van der Waals surface area contributed by atoms with Gasteiger partial charge in [-0.05, 0) is 30.5 Å². The van der Waals surface area contributed by atoms with E-state index in [1.165, 1.54) is 6.42 Å². The summed E-state index contributed by atoms with van der Waals surface area (Å²) >= 11 is 0. The molecule has 1 aliphatic carbocycles. The Labute approximate surface area is 106 Å². The SMILES string of the molecule is COc1cccc(-c2c(N)noc2C2CCC2)c1. The molecule has 0 aliphatic heterocycles. The summed E-state index contributed by atoms with van der Waals surface area (Å²) in [5.41, 5.74) is 7.87. The van der Waals surface area contributed by atoms with Crippen molar-refractivity contribution in [2.24, 2.45) is 0 Å². The zero-order chi connectivity index (χ0) is 12.5. The van der Waals surface area contributed by atoms with Gasteiger partial charge in [-0.15, -0.1) is 0 Å². The van der Waals surface area contributed by atoms with Crippen molar-refractivity contribution >= 4 is 5.82 Å². The number of ether oxygens (including phenoxy) is 1. The molecule has 4 heteroatoms. The van der Waals surface area contributed by atoms with Crippen LogP contribution in [-0.4, -0.2) is 12.3 Å². The minimum atomic E-state index is 0.463. The molecule has 18 heavy (non-hydrogen) atoms. The predicted octanol–water partition coefficient (Wildman–Crippen LogP) is 3.20. The second-order valence-electron chi connectivity index (χ2n) is 4.67. The Kier molecular flexibility index (Phi) is 2.70. The topological polar surface area (TPSA) is 61.3 Å². The lowest BCUT2D eigenvalue weighted by atomic mass is 9.81. The zero-order valence-electron chi connectivity index (χ0n) is 10.3. The van der Waals surface area contributed by atoms with Crippen LogP contribution < -0.4 is 10.5 Å². The van der Waals surface area contributed by atoms with Crippen molar-refractivity contribution in [2.75, 3.05) is 12.8 Å². The van der Waals surface area contributed by atoms with Crippen molar-refractivity contribution in [1.29, 1.82) is 0 Å². The number of nitrogen functional groups attached to an aromatic ring is 1. The van der Waals surface area contributed by atoms with Gasteiger partial charge in [0.25, 0.3) is 0 Å². The fourth-order valence-corrected chi connectivity index (χ4v) is 2.33. The first kappa shape index (κ1) is 11.1. The van der Waals surface area contributed by atoms with Crippen LogP contribution in [0.15, 0.2) is 28.8 Å². The Morgan fingerprint density at radius 1 is 1.39 bits per heavy atom. The molecule has 1 aliphatic rings. The maximum atomic E-state index is 5.94. The van der Waals surface area contributed by atoms with Crippen molar-refractivity contribution < 1.29 is 9.26 Å². The van der Waals surface area contributed by atoms with E-state index >= 15 is 0 Å². The molecule has 1 aromatic heterocycles. The molecule has 0 spiro atoms. The average Bonchev–Trinajstić information content (AvgIpc) is 2.69. The summed E-state index contributed by atoms with van der Waals surface area (Å²) in [7, 11) is 1.66. The highest BCUT2D eigenvalue weighted by Crippen LogP contribution is 2.43. The van der Waals surface area contributed by atoms with Crippen LogP contribution in [-0.2, 0) is 0 Å². The third-order valence-electron chi connectivity index (χ3n) is 3.58. The van der Waals surface area contributed by atoms with Crippen LogP contribution in [0.1, 0.15) is 30.9 Å². The first-order chi connectivity index (χ1) is 8.79. The molecule has 0 bridgehead atoms. The molecule has 0 radical (unpaired) electrons. The fourth-order valence-electron chi connectivity index (χ4n) is 2.33. The quantitative estimate of drug-likeness (QED) is 0.900. The monoisotopic (exact) mass is 244 g/mol. The third kappa shape index (κ3) is 1.74. The van der Waals surface area contributed by atoms with Crippen molar-refractivity contribution in [2.45, 2.75) is 25.2 Å². The summed E-state index contributed by atoms with van der Waals surface area (Å²) in [5.74, 6) is 2.67. The second-order valence-corrected chi connectivity index (χ2v) is 4.67. The smallest absolute Gasteiger partial charge is 0.175 e. The summed E-state index contributed by atoms with van der Waals surface area (Å²) in [6.45, 7) is 0. The lowest BCUT2D eigenvalue weighted by Gasteiger charge is -2.23. The molecule has 1 saturated carbocycles. The van der Waals surface area contributed by atoms with Gasteiger partial charge in [-0.25, -0.2) is 0 Å². The van der Waals surface area contributed by atoms with Gasteiger partial charge in [0.15, 0.2) is 5.82 Å². The maximum Gasteiger partial charge on any atom is 0.175 e. The van der Waals surface area contributed by atoms with Gasteiger partial charge in [-0.1, -0.05) is 23.7 Å². The number of rotatable bonds is 3. The Morgan fingerprint density at radius 3 is 2.89 bits per heavy atom. The minimum absolute atomic E-state index is 0.463. The third-order valence-corrected chi connectivity index (χ3v) is 3.58. The van der Waals surface area contributed by atoms with Crippen molar-refractivity contribution in [3.8, 4) is 16.9 Å². The van der Waals surface area contributed by atoms with E-state index in [1.807, 2.05) is 24.3 Å². The Hall–Kier alpha value is -1.97. The van der Waals surface area contributed by atoms with Crippen LogP contribution in [0.2, 0.25) is 0 Å². The highest BCUT2D eigenvalue weighted by molar-refractivity contribution is 5.76. The van der Waals surface area contributed by atoms with E-state index in [-0.39, 0.29) is 0 Å². The van der Waals surface area contributed by atoms with Gasteiger partial charge < -0.3 is 15.0 Å². The molecule has 94 valence electrons. The highest BCUT2D eigenvalue weighted by atomic mass is 16.5. The number of benzene rings is 1. The van der Waals surface area contributed by atoms with Crippen molar-refractivity contribution in [3.05, 3.63) is 30.0 Å². The normalized spacial score (nSPS) is 15.4. The number of aromatic nitrogens is 1. The average molecular weight is 244 g/mol. The van der Waals surface area contributed by atoms with Gasteiger partial charge in [-0.2, -0.15) is 0 Å². The van der Waals surface area contributed by atoms with Gasteiger partial charge in [-0.3, -0.25) is 0 Å². The Morgan fingerprint density at radius 2 is 2.22 bits per heavy atom.